The molecule has 1 saturated heterocycles. The van der Waals surface area contributed by atoms with E-state index in [9.17, 15) is 27.6 Å². The van der Waals surface area contributed by atoms with Gasteiger partial charge in [0.2, 0.25) is 5.95 Å². The number of carbonyl (C=O) groups excluding carboxylic acids is 1. The van der Waals surface area contributed by atoms with Gasteiger partial charge in [0.05, 0.1) is 17.3 Å². The van der Waals surface area contributed by atoms with Crippen LogP contribution in [-0.2, 0) is 11.3 Å². The number of halogens is 4. The van der Waals surface area contributed by atoms with E-state index in [-0.39, 0.29) is 45.7 Å². The second-order valence-electron chi connectivity index (χ2n) is 8.68. The number of anilines is 1. The van der Waals surface area contributed by atoms with Crippen LogP contribution in [0.15, 0.2) is 64.2 Å². The van der Waals surface area contributed by atoms with Crippen LogP contribution in [-0.4, -0.2) is 63.8 Å². The van der Waals surface area contributed by atoms with E-state index < -0.39 is 23.4 Å². The standard InChI is InChI=1S/C25H22ClF3N6O5/c26-17-8-4-5-9-18(17)34-19-20(31-23(34)32-12-10-30-11-13-32)33(14-15-39-16-6-2-1-3-7-16)24(38)35(21(19)36)40-22(37)25(27,28)29/h1-9,30H,10-15H2. The van der Waals surface area contributed by atoms with E-state index >= 15 is 0 Å². The number of fused-ring (bicyclic) bond motifs is 1. The maximum absolute atomic E-state index is 13.6. The third kappa shape index (κ3) is 5.27. The highest BCUT2D eigenvalue weighted by Gasteiger charge is 2.43. The fourth-order valence-corrected chi connectivity index (χ4v) is 4.51. The Bertz CT molecular complexity index is 1660. The molecule has 0 saturated carbocycles. The van der Waals surface area contributed by atoms with E-state index in [0.29, 0.717) is 31.9 Å². The molecular formula is C25H22ClF3N6O5. The quantitative estimate of drug-likeness (QED) is 0.354. The normalized spacial score (nSPS) is 13.9. The molecule has 0 bridgehead atoms. The number of hydrogen-bond donors (Lipinski definition) is 1. The molecule has 0 radical (unpaired) electrons. The zero-order valence-electron chi connectivity index (χ0n) is 20.7. The summed E-state index contributed by atoms with van der Waals surface area (Å²) in [5.41, 5.74) is -2.80. The first-order valence-corrected chi connectivity index (χ1v) is 12.5. The SMILES string of the molecule is O=C(On1c(=O)c2c(nc(N3CCNCC3)n2-c2ccccc2Cl)n(CCOc2ccccc2)c1=O)C(F)(F)F. The Labute approximate surface area is 228 Å². The number of ether oxygens (including phenoxy) is 1. The Hall–Kier alpha value is -4.30. The van der Waals surface area contributed by atoms with E-state index in [1.807, 2.05) is 4.90 Å². The number of carbonyl (C=O) groups is 1. The first-order valence-electron chi connectivity index (χ1n) is 12.1. The molecule has 1 aliphatic rings. The number of alkyl halides is 3. The number of nitrogens with one attached hydrogen (secondary N) is 1. The molecule has 2 aromatic carbocycles. The summed E-state index contributed by atoms with van der Waals surface area (Å²) in [5, 5.41) is 3.41. The Morgan fingerprint density at radius 2 is 1.70 bits per heavy atom. The van der Waals surface area contributed by atoms with Crippen LogP contribution in [0.3, 0.4) is 0 Å². The Kier molecular flexibility index (Phi) is 7.54. The van der Waals surface area contributed by atoms with Gasteiger partial charge in [-0.15, -0.1) is 0 Å². The highest BCUT2D eigenvalue weighted by Crippen LogP contribution is 2.29. The summed E-state index contributed by atoms with van der Waals surface area (Å²) in [6.07, 6.45) is -5.46. The van der Waals surface area contributed by atoms with Crippen LogP contribution in [0.1, 0.15) is 0 Å². The van der Waals surface area contributed by atoms with E-state index in [1.54, 1.807) is 54.6 Å². The second kappa shape index (κ2) is 11.1. The Balaban J connectivity index is 1.74. The van der Waals surface area contributed by atoms with Gasteiger partial charge in [-0.1, -0.05) is 46.7 Å². The molecule has 11 nitrogen and oxygen atoms in total. The topological polar surface area (TPSA) is 113 Å². The number of piperazine rings is 1. The first kappa shape index (κ1) is 27.3. The van der Waals surface area contributed by atoms with Crippen molar-refractivity contribution in [3.8, 4) is 11.4 Å². The van der Waals surface area contributed by atoms with Gasteiger partial charge in [0.25, 0.3) is 0 Å². The van der Waals surface area contributed by atoms with Crippen LogP contribution in [0, 0.1) is 0 Å². The average molecular weight is 579 g/mol. The second-order valence-corrected chi connectivity index (χ2v) is 9.09. The molecule has 2 aromatic heterocycles. The van der Waals surface area contributed by atoms with Gasteiger partial charge in [-0.2, -0.15) is 18.2 Å². The monoisotopic (exact) mass is 578 g/mol. The molecule has 0 spiro atoms. The molecule has 40 heavy (non-hydrogen) atoms. The molecule has 4 aromatic rings. The lowest BCUT2D eigenvalue weighted by molar-refractivity contribution is -0.200. The summed E-state index contributed by atoms with van der Waals surface area (Å²) in [4.78, 5) is 49.4. The van der Waals surface area contributed by atoms with Gasteiger partial charge in [0.15, 0.2) is 11.2 Å². The maximum atomic E-state index is 13.6. The molecule has 1 fully saturated rings. The van der Waals surface area contributed by atoms with E-state index in [1.165, 1.54) is 4.57 Å². The maximum Gasteiger partial charge on any atom is 0.493 e. The zero-order chi connectivity index (χ0) is 28.4. The van der Waals surface area contributed by atoms with Gasteiger partial charge in [-0.05, 0) is 24.3 Å². The van der Waals surface area contributed by atoms with Crippen LogP contribution in [0.2, 0.25) is 5.02 Å². The van der Waals surface area contributed by atoms with Crippen molar-refractivity contribution in [2.45, 2.75) is 12.7 Å². The number of hydrogen-bond acceptors (Lipinski definition) is 8. The summed E-state index contributed by atoms with van der Waals surface area (Å²) in [6, 6.07) is 15.1. The molecule has 1 N–H and O–H groups in total. The number of benzene rings is 2. The smallest absolute Gasteiger partial charge is 0.492 e. The fraction of sp³-hybridized carbons (Fsp3) is 0.280. The minimum Gasteiger partial charge on any atom is -0.492 e. The van der Waals surface area contributed by atoms with Gasteiger partial charge in [-0.3, -0.25) is 13.9 Å². The summed E-state index contributed by atoms with van der Waals surface area (Å²) in [5.74, 6) is -2.02. The molecule has 1 aliphatic heterocycles. The molecule has 0 unspecified atom stereocenters. The largest absolute Gasteiger partial charge is 0.493 e. The van der Waals surface area contributed by atoms with Gasteiger partial charge < -0.3 is 19.8 Å². The van der Waals surface area contributed by atoms with Crippen molar-refractivity contribution >= 4 is 34.7 Å². The first-order chi connectivity index (χ1) is 19.2. The van der Waals surface area contributed by atoms with Crippen molar-refractivity contribution in [1.29, 1.82) is 0 Å². The van der Waals surface area contributed by atoms with E-state index in [0.717, 1.165) is 4.57 Å². The summed E-state index contributed by atoms with van der Waals surface area (Å²) < 4.78 is 47.0. The highest BCUT2D eigenvalue weighted by molar-refractivity contribution is 6.32. The minimum atomic E-state index is -5.46. The van der Waals surface area contributed by atoms with Crippen molar-refractivity contribution in [1.82, 2.24) is 24.2 Å². The molecular weight excluding hydrogens is 557 g/mol. The summed E-state index contributed by atoms with van der Waals surface area (Å²) >= 11 is 6.47. The van der Waals surface area contributed by atoms with Gasteiger partial charge >= 0.3 is 23.4 Å². The minimum absolute atomic E-state index is 0.119. The third-order valence-corrected chi connectivity index (χ3v) is 6.43. The lowest BCUT2D eigenvalue weighted by Crippen LogP contribution is -2.48. The Morgan fingerprint density at radius 1 is 1.02 bits per heavy atom. The third-order valence-electron chi connectivity index (χ3n) is 6.11. The molecule has 210 valence electrons. The van der Waals surface area contributed by atoms with Crippen LogP contribution in [0.5, 0.6) is 5.75 Å². The van der Waals surface area contributed by atoms with E-state index in [4.69, 9.17) is 16.3 Å². The number of rotatable bonds is 7. The van der Waals surface area contributed by atoms with Crippen LogP contribution in [0.25, 0.3) is 16.9 Å². The van der Waals surface area contributed by atoms with Crippen LogP contribution >= 0.6 is 11.6 Å². The molecule has 3 heterocycles. The lowest BCUT2D eigenvalue weighted by atomic mass is 10.3. The molecule has 0 amide bonds. The lowest BCUT2D eigenvalue weighted by Gasteiger charge is -2.28. The fourth-order valence-electron chi connectivity index (χ4n) is 4.29. The molecule has 0 atom stereocenters. The number of imidazole rings is 1. The molecule has 5 rings (SSSR count). The van der Waals surface area contributed by atoms with Crippen molar-refractivity contribution in [2.24, 2.45) is 0 Å². The van der Waals surface area contributed by atoms with Gasteiger partial charge in [-0.25, -0.2) is 9.59 Å². The van der Waals surface area contributed by atoms with Crippen molar-refractivity contribution < 1.29 is 27.5 Å². The van der Waals surface area contributed by atoms with Crippen LogP contribution < -0.4 is 31.0 Å². The number of para-hydroxylation sites is 2. The number of nitrogens with zero attached hydrogens (tertiary/aromatic N) is 5. The van der Waals surface area contributed by atoms with Crippen LogP contribution in [0.4, 0.5) is 19.1 Å². The van der Waals surface area contributed by atoms with E-state index in [2.05, 4.69) is 15.1 Å². The zero-order valence-corrected chi connectivity index (χ0v) is 21.5. The van der Waals surface area contributed by atoms with Crippen molar-refractivity contribution in [3.63, 3.8) is 0 Å². The van der Waals surface area contributed by atoms with Gasteiger partial charge in [0.1, 0.15) is 12.4 Å². The molecule has 15 heteroatoms. The Morgan fingerprint density at radius 3 is 2.38 bits per heavy atom. The van der Waals surface area contributed by atoms with Crippen molar-refractivity contribution in [3.05, 3.63) is 80.5 Å². The summed E-state index contributed by atoms with van der Waals surface area (Å²) in [7, 11) is 0. The highest BCUT2D eigenvalue weighted by atomic mass is 35.5. The van der Waals surface area contributed by atoms with Gasteiger partial charge in [0, 0.05) is 26.2 Å². The summed E-state index contributed by atoms with van der Waals surface area (Å²) in [6.45, 7) is 1.79. The molecule has 0 aliphatic carbocycles. The number of aromatic nitrogens is 4. The average Bonchev–Trinajstić information content (AvgIpc) is 3.34. The van der Waals surface area contributed by atoms with Crippen molar-refractivity contribution in [2.75, 3.05) is 37.7 Å². The predicted molar refractivity (Wildman–Crippen MR) is 139 cm³/mol. The predicted octanol–water partition coefficient (Wildman–Crippen LogP) is 2.01.